The van der Waals surface area contributed by atoms with Crippen molar-refractivity contribution in [1.82, 2.24) is 19.7 Å². The fourth-order valence-corrected chi connectivity index (χ4v) is 2.95. The van der Waals surface area contributed by atoms with Crippen LogP contribution in [0.1, 0.15) is 43.1 Å². The van der Waals surface area contributed by atoms with Gasteiger partial charge in [0.05, 0.1) is 18.3 Å². The summed E-state index contributed by atoms with van der Waals surface area (Å²) in [6.45, 7) is 1.76. The van der Waals surface area contributed by atoms with Crippen molar-refractivity contribution < 1.29 is 0 Å². The van der Waals surface area contributed by atoms with Gasteiger partial charge in [-0.1, -0.05) is 12.8 Å². The number of hydrogen-bond acceptors (Lipinski definition) is 2. The minimum absolute atomic E-state index is 0.634. The first-order valence-electron chi connectivity index (χ1n) is 7.19. The van der Waals surface area contributed by atoms with Crippen LogP contribution in [0.5, 0.6) is 0 Å². The van der Waals surface area contributed by atoms with Crippen LogP contribution in [0.4, 0.5) is 0 Å². The largest absolute Gasteiger partial charge is 0.344 e. The molecule has 0 unspecified atom stereocenters. The van der Waals surface area contributed by atoms with Crippen LogP contribution < -0.4 is 5.32 Å². The van der Waals surface area contributed by atoms with Crippen molar-refractivity contribution >= 4 is 0 Å². The molecule has 3 rings (SSSR count). The Labute approximate surface area is 114 Å². The van der Waals surface area contributed by atoms with Crippen molar-refractivity contribution in [3.63, 3.8) is 0 Å². The molecular weight excluding hydrogens is 236 g/mol. The molecule has 4 heteroatoms. The molecule has 2 aromatic rings. The second-order valence-electron chi connectivity index (χ2n) is 5.38. The van der Waals surface area contributed by atoms with Gasteiger partial charge >= 0.3 is 0 Å². The number of rotatable bonds is 5. The highest BCUT2D eigenvalue weighted by Crippen LogP contribution is 2.28. The number of aromatic nitrogens is 3. The average molecular weight is 258 g/mol. The van der Waals surface area contributed by atoms with Crippen LogP contribution in [-0.2, 0) is 13.1 Å². The molecule has 1 fully saturated rings. The van der Waals surface area contributed by atoms with Gasteiger partial charge in [0.2, 0.25) is 0 Å². The van der Waals surface area contributed by atoms with Gasteiger partial charge in [-0.05, 0) is 38.1 Å². The molecule has 1 N–H and O–H groups in total. The van der Waals surface area contributed by atoms with Crippen LogP contribution in [0.2, 0.25) is 0 Å². The lowest BCUT2D eigenvalue weighted by atomic mass is 10.3. The SMILES string of the molecule is CNCc1cccn1Cc1ccn(C2CCCC2)n1. The molecule has 1 aliphatic rings. The molecule has 1 aliphatic carbocycles. The Kier molecular flexibility index (Phi) is 3.69. The van der Waals surface area contributed by atoms with E-state index in [2.05, 4.69) is 45.2 Å². The molecule has 1 saturated carbocycles. The van der Waals surface area contributed by atoms with Crippen LogP contribution in [0.25, 0.3) is 0 Å². The summed E-state index contributed by atoms with van der Waals surface area (Å²) in [5.41, 5.74) is 2.46. The third kappa shape index (κ3) is 2.73. The minimum Gasteiger partial charge on any atom is -0.344 e. The topological polar surface area (TPSA) is 34.8 Å². The van der Waals surface area contributed by atoms with Gasteiger partial charge in [-0.3, -0.25) is 4.68 Å². The van der Waals surface area contributed by atoms with Crippen molar-refractivity contribution in [3.05, 3.63) is 42.0 Å². The minimum atomic E-state index is 0.634. The Bertz CT molecular complexity index is 520. The van der Waals surface area contributed by atoms with E-state index in [1.165, 1.54) is 31.4 Å². The summed E-state index contributed by atoms with van der Waals surface area (Å²) in [6, 6.07) is 7.04. The first-order valence-corrected chi connectivity index (χ1v) is 7.19. The molecule has 19 heavy (non-hydrogen) atoms. The average Bonchev–Trinajstić information content (AvgIpc) is 3.12. The fraction of sp³-hybridized carbons (Fsp3) is 0.533. The van der Waals surface area contributed by atoms with Crippen LogP contribution in [0, 0.1) is 0 Å². The van der Waals surface area contributed by atoms with Gasteiger partial charge in [0.1, 0.15) is 0 Å². The molecule has 102 valence electrons. The summed E-state index contributed by atoms with van der Waals surface area (Å²) in [7, 11) is 1.98. The Hall–Kier alpha value is -1.55. The van der Waals surface area contributed by atoms with E-state index in [0.29, 0.717) is 6.04 Å². The van der Waals surface area contributed by atoms with E-state index in [-0.39, 0.29) is 0 Å². The first-order chi connectivity index (χ1) is 9.36. The highest BCUT2D eigenvalue weighted by atomic mass is 15.3. The lowest BCUT2D eigenvalue weighted by Gasteiger charge is -2.10. The Morgan fingerprint density at radius 2 is 2.11 bits per heavy atom. The molecule has 0 amide bonds. The van der Waals surface area contributed by atoms with E-state index in [0.717, 1.165) is 18.8 Å². The van der Waals surface area contributed by atoms with E-state index >= 15 is 0 Å². The second kappa shape index (κ2) is 5.61. The van der Waals surface area contributed by atoms with Crippen LogP contribution in [0.15, 0.2) is 30.6 Å². The van der Waals surface area contributed by atoms with Gasteiger partial charge in [0.25, 0.3) is 0 Å². The quantitative estimate of drug-likeness (QED) is 0.894. The van der Waals surface area contributed by atoms with Gasteiger partial charge in [0.15, 0.2) is 0 Å². The smallest absolute Gasteiger partial charge is 0.0821 e. The van der Waals surface area contributed by atoms with E-state index in [4.69, 9.17) is 5.10 Å². The van der Waals surface area contributed by atoms with Gasteiger partial charge in [-0.25, -0.2) is 0 Å². The van der Waals surface area contributed by atoms with Crippen molar-refractivity contribution in [3.8, 4) is 0 Å². The van der Waals surface area contributed by atoms with Crippen LogP contribution in [0.3, 0.4) is 0 Å². The second-order valence-corrected chi connectivity index (χ2v) is 5.38. The molecule has 2 aromatic heterocycles. The highest BCUT2D eigenvalue weighted by Gasteiger charge is 2.17. The summed E-state index contributed by atoms with van der Waals surface area (Å²) >= 11 is 0. The van der Waals surface area contributed by atoms with Crippen molar-refractivity contribution in [2.24, 2.45) is 0 Å². The monoisotopic (exact) mass is 258 g/mol. The maximum Gasteiger partial charge on any atom is 0.0821 e. The predicted molar refractivity (Wildman–Crippen MR) is 76.0 cm³/mol. The molecule has 0 aliphatic heterocycles. The molecule has 0 atom stereocenters. The molecule has 0 saturated heterocycles. The number of nitrogens with one attached hydrogen (secondary N) is 1. The van der Waals surface area contributed by atoms with E-state index in [9.17, 15) is 0 Å². The van der Waals surface area contributed by atoms with Crippen LogP contribution in [-0.4, -0.2) is 21.4 Å². The van der Waals surface area contributed by atoms with Crippen molar-refractivity contribution in [2.75, 3.05) is 7.05 Å². The maximum atomic E-state index is 4.74. The maximum absolute atomic E-state index is 4.74. The standard InChI is InChI=1S/C15H22N4/c1-16-11-15-7-4-9-18(15)12-13-8-10-19(17-13)14-5-2-3-6-14/h4,7-10,14,16H,2-3,5-6,11-12H2,1H3. The highest BCUT2D eigenvalue weighted by molar-refractivity contribution is 5.10. The van der Waals surface area contributed by atoms with Crippen molar-refractivity contribution in [2.45, 2.75) is 44.8 Å². The third-order valence-electron chi connectivity index (χ3n) is 3.98. The lowest BCUT2D eigenvalue weighted by Crippen LogP contribution is -2.12. The number of hydrogen-bond donors (Lipinski definition) is 1. The van der Waals surface area contributed by atoms with Gasteiger partial charge < -0.3 is 9.88 Å². The van der Waals surface area contributed by atoms with Gasteiger partial charge in [-0.2, -0.15) is 5.10 Å². The van der Waals surface area contributed by atoms with E-state index < -0.39 is 0 Å². The zero-order valence-corrected chi connectivity index (χ0v) is 11.5. The molecule has 0 aromatic carbocycles. The molecule has 2 heterocycles. The summed E-state index contributed by atoms with van der Waals surface area (Å²) in [4.78, 5) is 0. The van der Waals surface area contributed by atoms with E-state index in [1.54, 1.807) is 0 Å². The molecule has 0 bridgehead atoms. The Balaban J connectivity index is 1.70. The van der Waals surface area contributed by atoms with Crippen LogP contribution >= 0.6 is 0 Å². The lowest BCUT2D eigenvalue weighted by molar-refractivity contribution is 0.461. The number of nitrogens with zero attached hydrogens (tertiary/aromatic N) is 3. The van der Waals surface area contributed by atoms with Gasteiger partial charge in [0, 0.05) is 24.6 Å². The zero-order chi connectivity index (χ0) is 13.1. The van der Waals surface area contributed by atoms with Crippen molar-refractivity contribution in [1.29, 1.82) is 0 Å². The molecule has 4 nitrogen and oxygen atoms in total. The molecule has 0 radical (unpaired) electrons. The summed E-state index contributed by atoms with van der Waals surface area (Å²) in [6.07, 6.45) is 9.55. The summed E-state index contributed by atoms with van der Waals surface area (Å²) in [5, 5.41) is 7.94. The first kappa shape index (κ1) is 12.5. The summed E-state index contributed by atoms with van der Waals surface area (Å²) in [5.74, 6) is 0. The Morgan fingerprint density at radius 1 is 1.26 bits per heavy atom. The fourth-order valence-electron chi connectivity index (χ4n) is 2.95. The zero-order valence-electron chi connectivity index (χ0n) is 11.5. The third-order valence-corrected chi connectivity index (χ3v) is 3.98. The van der Waals surface area contributed by atoms with Gasteiger partial charge in [-0.15, -0.1) is 0 Å². The predicted octanol–water partition coefficient (Wildman–Crippen LogP) is 2.57. The Morgan fingerprint density at radius 3 is 2.89 bits per heavy atom. The molecule has 0 spiro atoms. The molecular formula is C15H22N4. The normalized spacial score (nSPS) is 16.3. The van der Waals surface area contributed by atoms with E-state index in [1.807, 2.05) is 7.05 Å². The summed E-state index contributed by atoms with van der Waals surface area (Å²) < 4.78 is 4.43.